The third-order valence-electron chi connectivity index (χ3n) is 3.57. The minimum atomic E-state index is -4.83. The molecular formula is C15H12F3N3O3. The number of aryl methyl sites for hydroxylation is 2. The number of hydrogen-bond donors (Lipinski definition) is 1. The first-order valence-corrected chi connectivity index (χ1v) is 6.85. The summed E-state index contributed by atoms with van der Waals surface area (Å²) in [6.07, 6.45) is -4.83. The molecule has 0 unspecified atom stereocenters. The summed E-state index contributed by atoms with van der Waals surface area (Å²) >= 11 is 0. The van der Waals surface area contributed by atoms with Crippen LogP contribution in [0.25, 0.3) is 16.6 Å². The van der Waals surface area contributed by atoms with Gasteiger partial charge in [0.05, 0.1) is 16.6 Å². The Morgan fingerprint density at radius 2 is 1.88 bits per heavy atom. The van der Waals surface area contributed by atoms with Gasteiger partial charge in [-0.15, -0.1) is 13.2 Å². The van der Waals surface area contributed by atoms with Crippen LogP contribution in [0.1, 0.15) is 5.69 Å². The monoisotopic (exact) mass is 339 g/mol. The van der Waals surface area contributed by atoms with Crippen molar-refractivity contribution in [2.24, 2.45) is 7.05 Å². The molecule has 0 aliphatic heterocycles. The fourth-order valence-corrected chi connectivity index (χ4v) is 2.63. The Morgan fingerprint density at radius 3 is 2.54 bits per heavy atom. The summed E-state index contributed by atoms with van der Waals surface area (Å²) in [5.41, 5.74) is 0.0433. The molecule has 126 valence electrons. The second-order valence-electron chi connectivity index (χ2n) is 5.21. The summed E-state index contributed by atoms with van der Waals surface area (Å²) in [6.45, 7) is 1.55. The van der Waals surface area contributed by atoms with Crippen LogP contribution in [0.15, 0.2) is 39.9 Å². The van der Waals surface area contributed by atoms with Crippen LogP contribution in [0, 0.1) is 6.92 Å². The van der Waals surface area contributed by atoms with Gasteiger partial charge in [0.15, 0.2) is 0 Å². The van der Waals surface area contributed by atoms with Gasteiger partial charge in [-0.1, -0.05) is 6.07 Å². The molecule has 9 heteroatoms. The topological polar surface area (TPSA) is 69.0 Å². The first kappa shape index (κ1) is 15.9. The van der Waals surface area contributed by atoms with Crippen LogP contribution in [0.3, 0.4) is 0 Å². The van der Waals surface area contributed by atoms with Crippen LogP contribution >= 0.6 is 0 Å². The number of fused-ring (bicyclic) bond motifs is 1. The summed E-state index contributed by atoms with van der Waals surface area (Å²) in [4.78, 5) is 24.5. The van der Waals surface area contributed by atoms with Gasteiger partial charge >= 0.3 is 6.36 Å². The maximum Gasteiger partial charge on any atom is 0.573 e. The Bertz CT molecular complexity index is 1040. The quantitative estimate of drug-likeness (QED) is 0.778. The summed E-state index contributed by atoms with van der Waals surface area (Å²) in [6, 6.07) is 6.24. The molecule has 0 aliphatic rings. The van der Waals surface area contributed by atoms with Crippen molar-refractivity contribution >= 4 is 10.9 Å². The standard InChI is InChI=1S/C15H12F3N3O3/c1-8-13-11(19-20(2)14(13)23)7-12(22)21(8)9-4-3-5-10(6-9)24-15(16,17)18/h3-7,19H,1-2H3. The van der Waals surface area contributed by atoms with E-state index in [9.17, 15) is 22.8 Å². The molecule has 0 spiro atoms. The Labute approximate surface area is 132 Å². The summed E-state index contributed by atoms with van der Waals surface area (Å²) in [5, 5.41) is 3.04. The molecule has 2 aromatic heterocycles. The van der Waals surface area contributed by atoms with Crippen LogP contribution in [0.5, 0.6) is 5.75 Å². The van der Waals surface area contributed by atoms with Gasteiger partial charge < -0.3 is 4.74 Å². The number of aromatic amines is 1. The molecule has 0 bridgehead atoms. The predicted molar refractivity (Wildman–Crippen MR) is 80.6 cm³/mol. The highest BCUT2D eigenvalue weighted by Crippen LogP contribution is 2.25. The molecule has 0 radical (unpaired) electrons. The first-order valence-electron chi connectivity index (χ1n) is 6.85. The lowest BCUT2D eigenvalue weighted by Crippen LogP contribution is -2.22. The second-order valence-corrected chi connectivity index (χ2v) is 5.21. The molecule has 0 aliphatic carbocycles. The number of hydrogen-bond acceptors (Lipinski definition) is 3. The smallest absolute Gasteiger partial charge is 0.406 e. The Hall–Kier alpha value is -2.97. The number of alkyl halides is 3. The number of H-pyrrole nitrogens is 1. The van der Waals surface area contributed by atoms with Crippen molar-refractivity contribution in [3.8, 4) is 11.4 Å². The minimum Gasteiger partial charge on any atom is -0.406 e. The third kappa shape index (κ3) is 2.68. The van der Waals surface area contributed by atoms with E-state index in [2.05, 4.69) is 9.84 Å². The van der Waals surface area contributed by atoms with E-state index < -0.39 is 17.7 Å². The van der Waals surface area contributed by atoms with Crippen molar-refractivity contribution < 1.29 is 17.9 Å². The highest BCUT2D eigenvalue weighted by molar-refractivity contribution is 5.80. The molecule has 0 fully saturated rings. The van der Waals surface area contributed by atoms with Crippen LogP contribution in [-0.4, -0.2) is 20.7 Å². The predicted octanol–water partition coefficient (Wildman–Crippen LogP) is 2.22. The molecule has 6 nitrogen and oxygen atoms in total. The number of pyridine rings is 1. The van der Waals surface area contributed by atoms with E-state index in [-0.39, 0.29) is 11.2 Å². The van der Waals surface area contributed by atoms with E-state index in [1.807, 2.05) is 0 Å². The molecule has 0 saturated heterocycles. The van der Waals surface area contributed by atoms with E-state index >= 15 is 0 Å². The van der Waals surface area contributed by atoms with Crippen LogP contribution in [0.4, 0.5) is 13.2 Å². The van der Waals surface area contributed by atoms with Crippen molar-refractivity contribution in [1.82, 2.24) is 14.3 Å². The van der Waals surface area contributed by atoms with Gasteiger partial charge in [0.1, 0.15) is 5.75 Å². The maximum absolute atomic E-state index is 12.4. The van der Waals surface area contributed by atoms with Crippen molar-refractivity contribution in [3.05, 3.63) is 56.7 Å². The number of benzene rings is 1. The Balaban J connectivity index is 2.23. The van der Waals surface area contributed by atoms with E-state index in [0.717, 1.165) is 12.1 Å². The molecule has 0 amide bonds. The van der Waals surface area contributed by atoms with Gasteiger partial charge in [0, 0.05) is 24.9 Å². The highest BCUT2D eigenvalue weighted by atomic mass is 19.4. The van der Waals surface area contributed by atoms with Gasteiger partial charge in [-0.3, -0.25) is 23.9 Å². The average Bonchev–Trinajstić information content (AvgIpc) is 2.72. The summed E-state index contributed by atoms with van der Waals surface area (Å²) in [7, 11) is 1.51. The summed E-state index contributed by atoms with van der Waals surface area (Å²) < 4.78 is 43.3. The molecule has 1 aromatic carbocycles. The largest absolute Gasteiger partial charge is 0.573 e. The normalized spacial score (nSPS) is 11.9. The van der Waals surface area contributed by atoms with Crippen molar-refractivity contribution in [2.45, 2.75) is 13.3 Å². The van der Waals surface area contributed by atoms with Gasteiger partial charge in [0.2, 0.25) is 0 Å². The molecule has 3 aromatic rings. The van der Waals surface area contributed by atoms with Gasteiger partial charge in [-0.2, -0.15) is 0 Å². The van der Waals surface area contributed by atoms with Crippen LogP contribution in [-0.2, 0) is 7.05 Å². The number of halogens is 3. The number of aromatic nitrogens is 3. The number of ether oxygens (including phenoxy) is 1. The molecule has 1 N–H and O–H groups in total. The van der Waals surface area contributed by atoms with Crippen molar-refractivity contribution in [1.29, 1.82) is 0 Å². The number of nitrogens with one attached hydrogen (secondary N) is 1. The summed E-state index contributed by atoms with van der Waals surface area (Å²) in [5.74, 6) is -0.451. The zero-order valence-electron chi connectivity index (χ0n) is 12.6. The molecular weight excluding hydrogens is 327 g/mol. The maximum atomic E-state index is 12.4. The van der Waals surface area contributed by atoms with Gasteiger partial charge in [0.25, 0.3) is 11.1 Å². The molecule has 24 heavy (non-hydrogen) atoms. The highest BCUT2D eigenvalue weighted by Gasteiger charge is 2.31. The Kier molecular flexibility index (Phi) is 3.51. The lowest BCUT2D eigenvalue weighted by Gasteiger charge is -2.13. The van der Waals surface area contributed by atoms with Gasteiger partial charge in [-0.25, -0.2) is 0 Å². The lowest BCUT2D eigenvalue weighted by atomic mass is 10.2. The van der Waals surface area contributed by atoms with E-state index in [1.165, 1.54) is 34.5 Å². The van der Waals surface area contributed by atoms with Crippen molar-refractivity contribution in [3.63, 3.8) is 0 Å². The average molecular weight is 339 g/mol. The second kappa shape index (κ2) is 5.29. The van der Waals surface area contributed by atoms with Crippen LogP contribution < -0.4 is 15.9 Å². The van der Waals surface area contributed by atoms with Gasteiger partial charge in [-0.05, 0) is 19.1 Å². The lowest BCUT2D eigenvalue weighted by molar-refractivity contribution is -0.274. The fraction of sp³-hybridized carbons (Fsp3) is 0.200. The number of rotatable bonds is 2. The zero-order valence-corrected chi connectivity index (χ0v) is 12.6. The fourth-order valence-electron chi connectivity index (χ4n) is 2.63. The SMILES string of the molecule is Cc1c2c(=O)n(C)[nH]c2cc(=O)n1-c1cccc(OC(F)(F)F)c1. The third-order valence-corrected chi connectivity index (χ3v) is 3.57. The molecule has 0 saturated carbocycles. The molecule has 3 rings (SSSR count). The van der Waals surface area contributed by atoms with E-state index in [4.69, 9.17) is 0 Å². The molecule has 2 heterocycles. The first-order chi connectivity index (χ1) is 11.2. The molecule has 0 atom stereocenters. The zero-order chi connectivity index (χ0) is 17.6. The minimum absolute atomic E-state index is 0.171. The number of nitrogens with zero attached hydrogens (tertiary/aromatic N) is 2. The van der Waals surface area contributed by atoms with E-state index in [0.29, 0.717) is 16.6 Å². The van der Waals surface area contributed by atoms with E-state index in [1.54, 1.807) is 6.92 Å². The Morgan fingerprint density at radius 1 is 1.17 bits per heavy atom. The van der Waals surface area contributed by atoms with Crippen LogP contribution in [0.2, 0.25) is 0 Å². The van der Waals surface area contributed by atoms with Crippen molar-refractivity contribution in [2.75, 3.05) is 0 Å².